The van der Waals surface area contributed by atoms with Gasteiger partial charge < -0.3 is 0 Å². The first kappa shape index (κ1) is 12.7. The molecule has 1 aromatic heterocycles. The molecule has 0 saturated carbocycles. The molecule has 0 amide bonds. The molecule has 3 aromatic rings. The van der Waals surface area contributed by atoms with Crippen LogP contribution < -0.4 is 0 Å². The number of aromatic nitrogens is 2. The summed E-state index contributed by atoms with van der Waals surface area (Å²) in [5.74, 6) is 0. The highest BCUT2D eigenvalue weighted by Crippen LogP contribution is 2.36. The van der Waals surface area contributed by atoms with E-state index in [1.165, 1.54) is 0 Å². The third-order valence-electron chi connectivity index (χ3n) is 2.85. The van der Waals surface area contributed by atoms with E-state index in [2.05, 4.69) is 10.2 Å². The molecule has 0 radical (unpaired) electrons. The third kappa shape index (κ3) is 2.16. The predicted molar refractivity (Wildman–Crippen MR) is 80.0 cm³/mol. The number of nitrogens with zero attached hydrogens (tertiary/aromatic N) is 2. The minimum absolute atomic E-state index is 0.373. The Morgan fingerprint density at radius 2 is 1.47 bits per heavy atom. The van der Waals surface area contributed by atoms with Gasteiger partial charge in [-0.3, -0.25) is 0 Å². The van der Waals surface area contributed by atoms with Crippen molar-refractivity contribution >= 4 is 45.6 Å². The van der Waals surface area contributed by atoms with Crippen LogP contribution in [0.2, 0.25) is 15.2 Å². The van der Waals surface area contributed by atoms with Crippen LogP contribution in [0.3, 0.4) is 0 Å². The minimum Gasteiger partial charge on any atom is -0.148 e. The van der Waals surface area contributed by atoms with Gasteiger partial charge in [-0.1, -0.05) is 71.2 Å². The molecule has 1 heterocycles. The number of hydrogen-bond donors (Lipinski definition) is 0. The molecule has 0 spiro atoms. The first-order valence-electron chi connectivity index (χ1n) is 5.54. The van der Waals surface area contributed by atoms with Gasteiger partial charge in [0, 0.05) is 16.3 Å². The maximum atomic E-state index is 6.24. The lowest BCUT2D eigenvalue weighted by Gasteiger charge is -2.08. The molecule has 0 aliphatic heterocycles. The highest BCUT2D eigenvalue weighted by Gasteiger charge is 2.13. The fraction of sp³-hybridized carbons (Fsp3) is 0. The molecule has 19 heavy (non-hydrogen) atoms. The Hall–Kier alpha value is -1.35. The first-order chi connectivity index (χ1) is 9.18. The van der Waals surface area contributed by atoms with Crippen LogP contribution >= 0.6 is 34.8 Å². The minimum atomic E-state index is 0.373. The number of rotatable bonds is 1. The number of halogens is 3. The lowest BCUT2D eigenvalue weighted by Crippen LogP contribution is -1.92. The molecule has 0 aliphatic rings. The molecule has 0 aliphatic carbocycles. The molecule has 0 N–H and O–H groups in total. The Bertz CT molecular complexity index is 772. The Morgan fingerprint density at radius 3 is 2.26 bits per heavy atom. The van der Waals surface area contributed by atoms with Gasteiger partial charge in [-0.15, -0.1) is 10.2 Å². The predicted octanol–water partition coefficient (Wildman–Crippen LogP) is 5.26. The monoisotopic (exact) mass is 308 g/mol. The zero-order valence-electron chi connectivity index (χ0n) is 9.57. The Balaban J connectivity index is 2.38. The van der Waals surface area contributed by atoms with Crippen molar-refractivity contribution in [1.82, 2.24) is 10.2 Å². The van der Waals surface area contributed by atoms with Crippen LogP contribution in [0.5, 0.6) is 0 Å². The van der Waals surface area contributed by atoms with E-state index in [0.29, 0.717) is 20.9 Å². The van der Waals surface area contributed by atoms with Gasteiger partial charge in [-0.2, -0.15) is 0 Å². The summed E-state index contributed by atoms with van der Waals surface area (Å²) in [7, 11) is 0. The molecular formula is C14H7Cl3N2. The van der Waals surface area contributed by atoms with E-state index in [9.17, 15) is 0 Å². The zero-order chi connectivity index (χ0) is 13.4. The molecule has 0 unspecified atom stereocenters. The Morgan fingerprint density at radius 1 is 0.737 bits per heavy atom. The van der Waals surface area contributed by atoms with Crippen LogP contribution in [0.1, 0.15) is 0 Å². The average Bonchev–Trinajstić information content (AvgIpc) is 2.43. The van der Waals surface area contributed by atoms with E-state index < -0.39 is 0 Å². The van der Waals surface area contributed by atoms with Crippen molar-refractivity contribution in [3.8, 4) is 11.3 Å². The van der Waals surface area contributed by atoms with Crippen LogP contribution in [0.25, 0.3) is 22.0 Å². The van der Waals surface area contributed by atoms with Gasteiger partial charge in [0.05, 0.1) is 10.0 Å². The summed E-state index contributed by atoms with van der Waals surface area (Å²) < 4.78 is 0. The number of benzene rings is 2. The zero-order valence-corrected chi connectivity index (χ0v) is 11.8. The lowest BCUT2D eigenvalue weighted by atomic mass is 10.1. The maximum absolute atomic E-state index is 6.24. The van der Waals surface area contributed by atoms with Gasteiger partial charge in [0.25, 0.3) is 0 Å². The van der Waals surface area contributed by atoms with Crippen molar-refractivity contribution in [3.05, 3.63) is 57.7 Å². The van der Waals surface area contributed by atoms with E-state index in [1.54, 1.807) is 6.07 Å². The molecular weight excluding hydrogens is 303 g/mol. The summed E-state index contributed by atoms with van der Waals surface area (Å²) in [6.45, 7) is 0. The molecule has 0 atom stereocenters. The standard InChI is InChI=1S/C14H7Cl3N2/c15-11-7-3-6-10(12(11)16)13-8-4-1-2-5-9(8)14(17)19-18-13/h1-7H. The van der Waals surface area contributed by atoms with Gasteiger partial charge in [0.15, 0.2) is 5.15 Å². The third-order valence-corrected chi connectivity index (χ3v) is 3.95. The van der Waals surface area contributed by atoms with E-state index in [-0.39, 0.29) is 0 Å². The van der Waals surface area contributed by atoms with Gasteiger partial charge in [0.1, 0.15) is 5.69 Å². The first-order valence-corrected chi connectivity index (χ1v) is 6.67. The summed E-state index contributed by atoms with van der Waals surface area (Å²) in [6.07, 6.45) is 0. The summed E-state index contributed by atoms with van der Waals surface area (Å²) in [6, 6.07) is 13.1. The molecule has 5 heteroatoms. The van der Waals surface area contributed by atoms with Crippen LogP contribution in [0.4, 0.5) is 0 Å². The average molecular weight is 310 g/mol. The number of fused-ring (bicyclic) bond motifs is 1. The van der Waals surface area contributed by atoms with Crippen molar-refractivity contribution in [2.24, 2.45) is 0 Å². The molecule has 2 nitrogen and oxygen atoms in total. The topological polar surface area (TPSA) is 25.8 Å². The van der Waals surface area contributed by atoms with E-state index in [1.807, 2.05) is 36.4 Å². The molecule has 3 rings (SSSR count). The molecule has 94 valence electrons. The van der Waals surface area contributed by atoms with Gasteiger partial charge in [-0.05, 0) is 6.07 Å². The van der Waals surface area contributed by atoms with Crippen molar-refractivity contribution in [1.29, 1.82) is 0 Å². The van der Waals surface area contributed by atoms with E-state index >= 15 is 0 Å². The summed E-state index contributed by atoms with van der Waals surface area (Å²) in [5.41, 5.74) is 1.42. The Kier molecular flexibility index (Phi) is 3.31. The fourth-order valence-electron chi connectivity index (χ4n) is 1.96. The highest BCUT2D eigenvalue weighted by atomic mass is 35.5. The lowest BCUT2D eigenvalue weighted by molar-refractivity contribution is 1.06. The normalized spacial score (nSPS) is 10.9. The van der Waals surface area contributed by atoms with E-state index in [4.69, 9.17) is 34.8 Å². The van der Waals surface area contributed by atoms with Gasteiger partial charge >= 0.3 is 0 Å². The van der Waals surface area contributed by atoms with Crippen LogP contribution in [-0.2, 0) is 0 Å². The molecule has 0 fully saturated rings. The SMILES string of the molecule is Clc1cccc(-c2nnc(Cl)c3ccccc23)c1Cl. The molecule has 0 saturated heterocycles. The second-order valence-electron chi connectivity index (χ2n) is 3.99. The van der Waals surface area contributed by atoms with Gasteiger partial charge in [-0.25, -0.2) is 0 Å². The van der Waals surface area contributed by atoms with Crippen LogP contribution in [0.15, 0.2) is 42.5 Å². The Labute approximate surface area is 124 Å². The van der Waals surface area contributed by atoms with E-state index in [0.717, 1.165) is 16.3 Å². The smallest absolute Gasteiger partial charge is 0.148 e. The largest absolute Gasteiger partial charge is 0.159 e. The molecule has 2 aromatic carbocycles. The summed E-state index contributed by atoms with van der Waals surface area (Å²) in [5, 5.41) is 11.2. The van der Waals surface area contributed by atoms with Crippen LogP contribution in [0, 0.1) is 0 Å². The quantitative estimate of drug-likeness (QED) is 0.613. The fourth-order valence-corrected chi connectivity index (χ4v) is 2.55. The van der Waals surface area contributed by atoms with Crippen LogP contribution in [-0.4, -0.2) is 10.2 Å². The second kappa shape index (κ2) is 4.97. The van der Waals surface area contributed by atoms with Gasteiger partial charge in [0.2, 0.25) is 0 Å². The summed E-state index contributed by atoms with van der Waals surface area (Å²) >= 11 is 18.3. The molecule has 0 bridgehead atoms. The van der Waals surface area contributed by atoms with Crippen molar-refractivity contribution in [3.63, 3.8) is 0 Å². The van der Waals surface area contributed by atoms with Crippen molar-refractivity contribution < 1.29 is 0 Å². The number of hydrogen-bond acceptors (Lipinski definition) is 2. The summed E-state index contributed by atoms with van der Waals surface area (Å²) in [4.78, 5) is 0. The maximum Gasteiger partial charge on any atom is 0.159 e. The van der Waals surface area contributed by atoms with Crippen molar-refractivity contribution in [2.45, 2.75) is 0 Å². The highest BCUT2D eigenvalue weighted by molar-refractivity contribution is 6.44. The second-order valence-corrected chi connectivity index (χ2v) is 5.13. The van der Waals surface area contributed by atoms with Crippen molar-refractivity contribution in [2.75, 3.05) is 0 Å².